The van der Waals surface area contributed by atoms with Crippen LogP contribution >= 0.6 is 11.3 Å². The minimum Gasteiger partial charge on any atom is -0.492 e. The van der Waals surface area contributed by atoms with Crippen LogP contribution in [0.4, 0.5) is 0 Å². The van der Waals surface area contributed by atoms with E-state index in [0.717, 1.165) is 36.0 Å². The van der Waals surface area contributed by atoms with Crippen LogP contribution in [0.2, 0.25) is 0 Å². The predicted octanol–water partition coefficient (Wildman–Crippen LogP) is -0.693. The molecular weight excluding hydrogens is 322 g/mol. The van der Waals surface area contributed by atoms with Gasteiger partial charge >= 0.3 is 0 Å². The van der Waals surface area contributed by atoms with Crippen LogP contribution in [0.3, 0.4) is 0 Å². The van der Waals surface area contributed by atoms with Crippen molar-refractivity contribution in [1.82, 2.24) is 14.6 Å². The monoisotopic (exact) mass is 345 g/mol. The lowest BCUT2D eigenvalue weighted by atomic mass is 10.0. The van der Waals surface area contributed by atoms with Gasteiger partial charge in [0.25, 0.3) is 0 Å². The molecule has 2 aromatic heterocycles. The first kappa shape index (κ1) is 15.6. The van der Waals surface area contributed by atoms with E-state index in [-0.39, 0.29) is 11.9 Å². The maximum Gasteiger partial charge on any atom is 0.235 e. The van der Waals surface area contributed by atoms with Crippen molar-refractivity contribution in [3.8, 4) is 5.88 Å². The van der Waals surface area contributed by atoms with E-state index in [2.05, 4.69) is 48.3 Å². The van der Waals surface area contributed by atoms with Crippen molar-refractivity contribution in [2.45, 2.75) is 13.0 Å². The van der Waals surface area contributed by atoms with E-state index in [4.69, 9.17) is 0 Å². The van der Waals surface area contributed by atoms with E-state index in [1.807, 2.05) is 0 Å². The molecule has 0 saturated carbocycles. The molecule has 1 atom stereocenters. The summed E-state index contributed by atoms with van der Waals surface area (Å²) < 4.78 is 1.54. The Kier molecular flexibility index (Phi) is 3.99. The van der Waals surface area contributed by atoms with Crippen molar-refractivity contribution in [3.05, 3.63) is 46.6 Å². The van der Waals surface area contributed by atoms with Gasteiger partial charge in [-0.05, 0) is 6.92 Å². The van der Waals surface area contributed by atoms with E-state index in [0.29, 0.717) is 0 Å². The molecule has 0 amide bonds. The number of likely N-dealkylation sites (N-methyl/N-ethyl adjacent to an activating group) is 1. The van der Waals surface area contributed by atoms with Gasteiger partial charge in [-0.1, -0.05) is 41.2 Å². The van der Waals surface area contributed by atoms with Crippen molar-refractivity contribution >= 4 is 16.3 Å². The summed E-state index contributed by atoms with van der Waals surface area (Å²) in [5.74, 6) is 0.233. The molecule has 1 saturated heterocycles. The lowest BCUT2D eigenvalue weighted by Gasteiger charge is -2.33. The predicted molar refractivity (Wildman–Crippen MR) is 92.9 cm³/mol. The van der Waals surface area contributed by atoms with Crippen molar-refractivity contribution in [1.29, 1.82) is 0 Å². The molecule has 3 N–H and O–H groups in total. The molecule has 126 valence electrons. The largest absolute Gasteiger partial charge is 0.492 e. The number of benzene rings is 1. The van der Waals surface area contributed by atoms with Crippen LogP contribution in [-0.2, 0) is 0 Å². The second-order valence-electron chi connectivity index (χ2n) is 6.70. The summed E-state index contributed by atoms with van der Waals surface area (Å²) in [6.45, 7) is 6.60. The van der Waals surface area contributed by atoms with Crippen LogP contribution in [0, 0.1) is 6.92 Å². The third kappa shape index (κ3) is 2.68. The number of aromatic hydroxyl groups is 1. The second-order valence-corrected chi connectivity index (χ2v) is 7.71. The molecule has 4 rings (SSSR count). The average Bonchev–Trinajstić information content (AvgIpc) is 3.15. The van der Waals surface area contributed by atoms with Gasteiger partial charge in [0.2, 0.25) is 10.8 Å². The Morgan fingerprint density at radius 3 is 2.54 bits per heavy atom. The number of aromatic nitrogens is 3. The molecule has 3 heterocycles. The van der Waals surface area contributed by atoms with E-state index >= 15 is 0 Å². The first-order valence-electron chi connectivity index (χ1n) is 8.37. The fraction of sp³-hybridized carbons (Fsp3) is 0.412. The Hall–Kier alpha value is -1.96. The van der Waals surface area contributed by atoms with Crippen LogP contribution in [0.15, 0.2) is 30.6 Å². The van der Waals surface area contributed by atoms with Gasteiger partial charge in [-0.25, -0.2) is 4.98 Å². The van der Waals surface area contributed by atoms with Gasteiger partial charge in [0.1, 0.15) is 37.4 Å². The molecule has 6 nitrogen and oxygen atoms in total. The molecule has 3 aromatic rings. The Bertz CT molecular complexity index is 832. The lowest BCUT2D eigenvalue weighted by Crippen LogP contribution is -3.27. The zero-order chi connectivity index (χ0) is 16.7. The van der Waals surface area contributed by atoms with Crippen molar-refractivity contribution in [2.75, 3.05) is 33.2 Å². The van der Waals surface area contributed by atoms with Gasteiger partial charge in [0, 0.05) is 5.56 Å². The van der Waals surface area contributed by atoms with Gasteiger partial charge in [-0.3, -0.25) is 0 Å². The summed E-state index contributed by atoms with van der Waals surface area (Å²) in [4.78, 5) is 9.04. The zero-order valence-electron chi connectivity index (χ0n) is 14.0. The molecule has 0 radical (unpaired) electrons. The molecule has 0 unspecified atom stereocenters. The smallest absolute Gasteiger partial charge is 0.235 e. The van der Waals surface area contributed by atoms with Gasteiger partial charge in [0.05, 0.1) is 7.05 Å². The van der Waals surface area contributed by atoms with Gasteiger partial charge < -0.3 is 14.9 Å². The summed E-state index contributed by atoms with van der Waals surface area (Å²) in [7, 11) is 2.25. The van der Waals surface area contributed by atoms with Crippen molar-refractivity contribution in [3.63, 3.8) is 0 Å². The third-order valence-corrected chi connectivity index (χ3v) is 6.06. The number of nitrogens with zero attached hydrogens (tertiary/aromatic N) is 3. The Morgan fingerprint density at radius 2 is 1.88 bits per heavy atom. The van der Waals surface area contributed by atoms with Crippen molar-refractivity contribution in [2.24, 2.45) is 0 Å². The third-order valence-electron chi connectivity index (χ3n) is 4.97. The quantitative estimate of drug-likeness (QED) is 0.589. The first-order valence-corrected chi connectivity index (χ1v) is 9.19. The number of hydrogen-bond acceptors (Lipinski definition) is 4. The molecule has 0 bridgehead atoms. The fourth-order valence-corrected chi connectivity index (χ4v) is 4.62. The summed E-state index contributed by atoms with van der Waals surface area (Å²) >= 11 is 1.54. The van der Waals surface area contributed by atoms with Gasteiger partial charge in [-0.15, -0.1) is 0 Å². The number of aryl methyl sites for hydroxylation is 1. The number of rotatable bonds is 3. The molecule has 1 aliphatic rings. The van der Waals surface area contributed by atoms with Crippen LogP contribution in [-0.4, -0.2) is 52.9 Å². The first-order chi connectivity index (χ1) is 11.6. The summed E-state index contributed by atoms with van der Waals surface area (Å²) in [6.07, 6.45) is 1.49. The maximum absolute atomic E-state index is 10.7. The second kappa shape index (κ2) is 6.16. The Morgan fingerprint density at radius 1 is 1.17 bits per heavy atom. The minimum absolute atomic E-state index is 0.132. The Balaban J connectivity index is 1.78. The SMILES string of the molecule is Cc1ccc([C@H](c2sc3ncnn3c2O)[NH+]2CC[NH+](C)CC2)cc1. The minimum atomic E-state index is 0.132. The highest BCUT2D eigenvalue weighted by atomic mass is 32.1. The van der Waals surface area contributed by atoms with Crippen LogP contribution in [0.1, 0.15) is 22.0 Å². The van der Waals surface area contributed by atoms with Crippen molar-refractivity contribution < 1.29 is 14.9 Å². The fourth-order valence-electron chi connectivity index (χ4n) is 3.50. The molecule has 1 fully saturated rings. The number of nitrogens with one attached hydrogen (secondary N) is 2. The average molecular weight is 345 g/mol. The molecule has 0 aliphatic carbocycles. The maximum atomic E-state index is 10.7. The van der Waals surface area contributed by atoms with Crippen LogP contribution in [0.5, 0.6) is 5.88 Å². The van der Waals surface area contributed by atoms with Crippen LogP contribution < -0.4 is 9.80 Å². The molecule has 1 aliphatic heterocycles. The number of hydrogen-bond donors (Lipinski definition) is 3. The van der Waals surface area contributed by atoms with E-state index in [1.165, 1.54) is 22.4 Å². The topological polar surface area (TPSA) is 59.3 Å². The van der Waals surface area contributed by atoms with E-state index in [9.17, 15) is 5.11 Å². The van der Waals surface area contributed by atoms with Gasteiger partial charge in [0.15, 0.2) is 6.04 Å². The standard InChI is InChI=1S/C17H21N5OS/c1-12-3-5-13(6-4-12)14(21-9-7-20(2)8-10-21)15-16(23)22-17(24-15)18-11-19-22/h3-6,11,14,23H,7-10H2,1-2H3/p+2/t14-/m1/s1. The summed E-state index contributed by atoms with van der Waals surface area (Å²) in [5.41, 5.74) is 2.50. The summed E-state index contributed by atoms with van der Waals surface area (Å²) in [5, 5.41) is 14.8. The molecule has 24 heavy (non-hydrogen) atoms. The molecule has 1 aromatic carbocycles. The van der Waals surface area contributed by atoms with Crippen LogP contribution in [0.25, 0.3) is 4.96 Å². The van der Waals surface area contributed by atoms with Gasteiger partial charge in [-0.2, -0.15) is 9.61 Å². The molecule has 0 spiro atoms. The highest BCUT2D eigenvalue weighted by Gasteiger charge is 2.35. The number of thiazole rings is 1. The molecule has 7 heteroatoms. The number of piperazine rings is 1. The lowest BCUT2D eigenvalue weighted by molar-refractivity contribution is -1.02. The Labute approximate surface area is 145 Å². The number of fused-ring (bicyclic) bond motifs is 1. The number of quaternary nitrogens is 2. The normalized spacial score (nSPS) is 22.8. The summed E-state index contributed by atoms with van der Waals surface area (Å²) in [6, 6.07) is 8.81. The highest BCUT2D eigenvalue weighted by Crippen LogP contribution is 2.34. The zero-order valence-corrected chi connectivity index (χ0v) is 14.8. The van der Waals surface area contributed by atoms with E-state index < -0.39 is 0 Å². The van der Waals surface area contributed by atoms with E-state index in [1.54, 1.807) is 20.8 Å². The molecular formula is C17H23N5OS+2. The highest BCUT2D eigenvalue weighted by molar-refractivity contribution is 7.17.